The van der Waals surface area contributed by atoms with E-state index in [2.05, 4.69) is 6.92 Å². The number of amides is 2. The van der Waals surface area contributed by atoms with Crippen LogP contribution in [0.2, 0.25) is 6.32 Å². The summed E-state index contributed by atoms with van der Waals surface area (Å²) >= 11 is 0. The molecule has 2 fully saturated rings. The Hall–Kier alpha value is -2.91. The van der Waals surface area contributed by atoms with Gasteiger partial charge in [-0.2, -0.15) is 0 Å². The van der Waals surface area contributed by atoms with E-state index in [9.17, 15) is 24.5 Å². The number of carboxylic acids is 1. The molecule has 4 rings (SSSR count). The van der Waals surface area contributed by atoms with Gasteiger partial charge in [0.25, 0.3) is 0 Å². The molecule has 0 aromatic heterocycles. The van der Waals surface area contributed by atoms with Gasteiger partial charge in [0.1, 0.15) is 5.75 Å². The van der Waals surface area contributed by atoms with Crippen molar-refractivity contribution >= 4 is 31.0 Å². The van der Waals surface area contributed by atoms with Crippen molar-refractivity contribution in [1.82, 2.24) is 4.90 Å². The number of hydrogen-bond donors (Lipinski definition) is 3. The molecule has 210 valence electrons. The van der Waals surface area contributed by atoms with Gasteiger partial charge in [-0.15, -0.1) is 0 Å². The molecular weight excluding hydrogens is 497 g/mol. The van der Waals surface area contributed by atoms with Crippen LogP contribution in [-0.2, 0) is 19.0 Å². The lowest BCUT2D eigenvalue weighted by atomic mass is 9.58. The lowest BCUT2D eigenvalue weighted by Gasteiger charge is -2.43. The molecule has 2 aliphatic heterocycles. The molecule has 2 amide bonds. The van der Waals surface area contributed by atoms with Crippen LogP contribution < -0.4 is 0 Å². The summed E-state index contributed by atoms with van der Waals surface area (Å²) in [7, 11) is -0.992. The summed E-state index contributed by atoms with van der Waals surface area (Å²) < 4.78 is 6.07. The number of phenols is 1. The van der Waals surface area contributed by atoms with Crippen molar-refractivity contribution in [2.24, 2.45) is 17.8 Å². The number of aliphatic carboxylic acids is 1. The zero-order valence-corrected chi connectivity index (χ0v) is 23.0. The minimum absolute atomic E-state index is 0.0879. The molecule has 4 atom stereocenters. The van der Waals surface area contributed by atoms with E-state index in [4.69, 9.17) is 9.76 Å². The van der Waals surface area contributed by atoms with Crippen molar-refractivity contribution in [2.45, 2.75) is 84.1 Å². The highest BCUT2D eigenvalue weighted by Gasteiger charge is 2.56. The van der Waals surface area contributed by atoms with Crippen molar-refractivity contribution in [3.8, 4) is 5.75 Å². The number of carboxylic acid groups (broad SMARTS) is 1. The van der Waals surface area contributed by atoms with Crippen molar-refractivity contribution in [2.75, 3.05) is 6.54 Å². The Bertz CT molecular complexity index is 1150. The molecule has 0 unspecified atom stereocenters. The van der Waals surface area contributed by atoms with Crippen LogP contribution in [0.4, 0.5) is 0 Å². The Morgan fingerprint density at radius 2 is 1.95 bits per heavy atom. The molecule has 9 heteroatoms. The van der Waals surface area contributed by atoms with Crippen LogP contribution in [0.15, 0.2) is 41.0 Å². The van der Waals surface area contributed by atoms with Gasteiger partial charge in [0.05, 0.1) is 17.9 Å². The van der Waals surface area contributed by atoms with E-state index in [0.717, 1.165) is 36.0 Å². The van der Waals surface area contributed by atoms with Crippen molar-refractivity contribution in [1.29, 1.82) is 0 Å². The van der Waals surface area contributed by atoms with E-state index in [-0.39, 0.29) is 36.0 Å². The number of carbonyl (C=O) groups excluding carboxylic acids is 2. The molecule has 39 heavy (non-hydrogen) atoms. The molecule has 1 aromatic carbocycles. The number of hydrogen-bond acceptors (Lipinski definition) is 6. The van der Waals surface area contributed by atoms with E-state index in [1.165, 1.54) is 10.5 Å². The summed E-state index contributed by atoms with van der Waals surface area (Å²) in [5.74, 6) is -2.00. The topological polar surface area (TPSA) is 124 Å². The third-order valence-electron chi connectivity index (χ3n) is 8.31. The normalized spacial score (nSPS) is 25.3. The van der Waals surface area contributed by atoms with Gasteiger partial charge in [-0.05, 0) is 81.0 Å². The van der Waals surface area contributed by atoms with Crippen molar-refractivity contribution < 1.29 is 34.3 Å². The molecule has 3 aliphatic rings. The number of phenolic OH excluding ortho intramolecular Hbond substituents is 1. The molecular formula is C30H40BNO7. The van der Waals surface area contributed by atoms with Crippen LogP contribution in [0, 0.1) is 17.8 Å². The van der Waals surface area contributed by atoms with Gasteiger partial charge in [-0.1, -0.05) is 49.1 Å². The molecule has 8 nitrogen and oxygen atoms in total. The molecule has 3 N–H and O–H groups in total. The number of likely N-dealkylation sites (tertiary alicyclic amines) is 1. The molecule has 2 saturated heterocycles. The Morgan fingerprint density at radius 1 is 1.15 bits per heavy atom. The number of carbonyl (C=O) groups is 3. The quantitative estimate of drug-likeness (QED) is 0.151. The van der Waals surface area contributed by atoms with E-state index >= 15 is 0 Å². The Morgan fingerprint density at radius 3 is 2.67 bits per heavy atom. The number of benzene rings is 1. The first-order chi connectivity index (χ1) is 18.7. The standard InChI is InChI=1S/C30H40BNO7/c1-3-8-21-17-23-28(30(37)32(29(23)36)14-6-4-5-11-26(34)35)24-18-31(38)39-25(27(21)24)13-12-19(2)15-20-9-7-10-22(33)16-20/h7,9-10,15-16,23-25,28,33,38H,3-6,8,11-14,17-18H2,1-2H3,(H,34,35)/b19-15+/t23-,24+,25-,28-/m1/s1. The predicted molar refractivity (Wildman–Crippen MR) is 148 cm³/mol. The van der Waals surface area contributed by atoms with Gasteiger partial charge in [0.15, 0.2) is 0 Å². The van der Waals surface area contributed by atoms with Gasteiger partial charge in [-0.3, -0.25) is 19.3 Å². The van der Waals surface area contributed by atoms with E-state index in [0.29, 0.717) is 45.0 Å². The van der Waals surface area contributed by atoms with Gasteiger partial charge < -0.3 is 19.9 Å². The number of fused-ring (bicyclic) bond motifs is 3. The Kier molecular flexibility index (Phi) is 9.67. The van der Waals surface area contributed by atoms with Gasteiger partial charge in [0.2, 0.25) is 11.8 Å². The highest BCUT2D eigenvalue weighted by Crippen LogP contribution is 2.51. The second-order valence-electron chi connectivity index (χ2n) is 11.2. The average Bonchev–Trinajstić information content (AvgIpc) is 3.11. The zero-order chi connectivity index (χ0) is 28.1. The Labute approximate surface area is 230 Å². The first kappa shape index (κ1) is 29.1. The van der Waals surface area contributed by atoms with E-state index < -0.39 is 24.9 Å². The SMILES string of the molecule is CCCC1=C2[C@@H](CC/C(C)=C/c3cccc(O)c3)OB(O)C[C@@H]2[C@@H]2C(=O)N(CCCCCC(=O)O)C(=O)[C@@H]2C1. The highest BCUT2D eigenvalue weighted by molar-refractivity contribution is 6.43. The summed E-state index contributed by atoms with van der Waals surface area (Å²) in [6.45, 7) is 4.46. The van der Waals surface area contributed by atoms with Crippen LogP contribution in [0.5, 0.6) is 5.75 Å². The van der Waals surface area contributed by atoms with Crippen LogP contribution in [0.3, 0.4) is 0 Å². The first-order valence-corrected chi connectivity index (χ1v) is 14.3. The van der Waals surface area contributed by atoms with Crippen LogP contribution >= 0.6 is 0 Å². The van der Waals surface area contributed by atoms with Crippen LogP contribution in [0.1, 0.15) is 77.2 Å². The summed E-state index contributed by atoms with van der Waals surface area (Å²) in [5, 5.41) is 29.3. The first-order valence-electron chi connectivity index (χ1n) is 14.3. The molecule has 0 saturated carbocycles. The van der Waals surface area contributed by atoms with E-state index in [1.807, 2.05) is 19.1 Å². The van der Waals surface area contributed by atoms with Crippen molar-refractivity contribution in [3.05, 3.63) is 46.5 Å². The monoisotopic (exact) mass is 537 g/mol. The summed E-state index contributed by atoms with van der Waals surface area (Å²) in [4.78, 5) is 39.1. The molecule has 1 aliphatic carbocycles. The molecule has 0 radical (unpaired) electrons. The number of nitrogens with zero attached hydrogens (tertiary/aromatic N) is 1. The van der Waals surface area contributed by atoms with Gasteiger partial charge >= 0.3 is 13.1 Å². The smallest absolute Gasteiger partial charge is 0.455 e. The highest BCUT2D eigenvalue weighted by atomic mass is 16.5. The lowest BCUT2D eigenvalue weighted by molar-refractivity contribution is -0.141. The minimum atomic E-state index is -0.992. The number of imide groups is 1. The average molecular weight is 537 g/mol. The number of unbranched alkanes of at least 4 members (excludes halogenated alkanes) is 2. The molecule has 0 spiro atoms. The maximum Gasteiger partial charge on any atom is 0.455 e. The predicted octanol–water partition coefficient (Wildman–Crippen LogP) is 4.82. The summed E-state index contributed by atoms with van der Waals surface area (Å²) in [6, 6.07) is 7.09. The fourth-order valence-electron chi connectivity index (χ4n) is 6.64. The number of aromatic hydroxyl groups is 1. The van der Waals surface area contributed by atoms with Crippen molar-refractivity contribution in [3.63, 3.8) is 0 Å². The Balaban J connectivity index is 1.50. The van der Waals surface area contributed by atoms with E-state index in [1.54, 1.807) is 18.2 Å². The maximum atomic E-state index is 13.6. The summed E-state index contributed by atoms with van der Waals surface area (Å²) in [5.41, 5.74) is 4.34. The second-order valence-corrected chi connectivity index (χ2v) is 11.2. The molecule has 0 bridgehead atoms. The number of rotatable bonds is 12. The zero-order valence-electron chi connectivity index (χ0n) is 23.0. The van der Waals surface area contributed by atoms with Gasteiger partial charge in [-0.25, -0.2) is 0 Å². The summed E-state index contributed by atoms with van der Waals surface area (Å²) in [6.07, 6.45) is 7.57. The fourth-order valence-corrected chi connectivity index (χ4v) is 6.64. The minimum Gasteiger partial charge on any atom is -0.508 e. The maximum absolute atomic E-state index is 13.6. The largest absolute Gasteiger partial charge is 0.508 e. The number of allylic oxidation sites excluding steroid dienone is 2. The lowest BCUT2D eigenvalue weighted by Crippen LogP contribution is -2.46. The molecule has 2 heterocycles. The van der Waals surface area contributed by atoms with Crippen LogP contribution in [0.25, 0.3) is 6.08 Å². The second kappa shape index (κ2) is 13.0. The fraction of sp³-hybridized carbons (Fsp3) is 0.567. The van der Waals surface area contributed by atoms with Crippen LogP contribution in [-0.4, -0.2) is 57.7 Å². The third kappa shape index (κ3) is 6.82. The third-order valence-corrected chi connectivity index (χ3v) is 8.31. The van der Waals surface area contributed by atoms with Gasteiger partial charge in [0, 0.05) is 13.0 Å². The molecule has 1 aromatic rings.